The largest absolute Gasteiger partial charge is 0.493 e. The first-order valence-corrected chi connectivity index (χ1v) is 7.93. The first-order valence-electron chi connectivity index (χ1n) is 7.93. The number of ether oxygens (including phenoxy) is 1. The van der Waals surface area contributed by atoms with Crippen LogP contribution < -0.4 is 4.74 Å². The van der Waals surface area contributed by atoms with Crippen molar-refractivity contribution in [2.75, 3.05) is 6.61 Å². The predicted molar refractivity (Wildman–Crippen MR) is 80.8 cm³/mol. The van der Waals surface area contributed by atoms with Gasteiger partial charge in [-0.3, -0.25) is 9.59 Å². The van der Waals surface area contributed by atoms with Crippen molar-refractivity contribution in [2.45, 2.75) is 51.9 Å². The van der Waals surface area contributed by atoms with Crippen LogP contribution in [-0.4, -0.2) is 18.2 Å². The summed E-state index contributed by atoms with van der Waals surface area (Å²) in [6, 6.07) is 5.92. The molecule has 0 amide bonds. The molecule has 3 heteroatoms. The second-order valence-electron chi connectivity index (χ2n) is 6.45. The number of Topliss-reactive ketones (excluding diaryl/α,β-unsaturated/α-hetero) is 2. The quantitative estimate of drug-likeness (QED) is 0.850. The van der Waals surface area contributed by atoms with E-state index in [1.807, 2.05) is 18.2 Å². The van der Waals surface area contributed by atoms with Crippen LogP contribution in [0.25, 0.3) is 0 Å². The van der Waals surface area contributed by atoms with Crippen molar-refractivity contribution >= 4 is 11.6 Å². The van der Waals surface area contributed by atoms with Crippen LogP contribution in [0.3, 0.4) is 0 Å². The minimum Gasteiger partial charge on any atom is -0.493 e. The third kappa shape index (κ3) is 2.74. The molecule has 3 rings (SSSR count). The Morgan fingerprint density at radius 2 is 1.90 bits per heavy atom. The molecule has 3 nitrogen and oxygen atoms in total. The fourth-order valence-electron chi connectivity index (χ4n) is 3.68. The van der Waals surface area contributed by atoms with Crippen molar-refractivity contribution in [3.8, 4) is 5.75 Å². The van der Waals surface area contributed by atoms with Gasteiger partial charge < -0.3 is 4.74 Å². The second-order valence-corrected chi connectivity index (χ2v) is 6.45. The molecule has 0 aromatic heterocycles. The molecule has 1 spiro atoms. The molecule has 112 valence electrons. The Morgan fingerprint density at radius 1 is 1.14 bits per heavy atom. The lowest BCUT2D eigenvalue weighted by atomic mass is 9.63. The van der Waals surface area contributed by atoms with Gasteiger partial charge in [0.1, 0.15) is 11.5 Å². The lowest BCUT2D eigenvalue weighted by Gasteiger charge is -2.40. The zero-order chi connectivity index (χ0) is 14.9. The maximum Gasteiger partial charge on any atom is 0.167 e. The minimum atomic E-state index is 0.0153. The third-order valence-electron chi connectivity index (χ3n) is 4.82. The van der Waals surface area contributed by atoms with Gasteiger partial charge in [-0.1, -0.05) is 19.1 Å². The van der Waals surface area contributed by atoms with Crippen LogP contribution in [0.2, 0.25) is 0 Å². The van der Waals surface area contributed by atoms with Gasteiger partial charge in [-0.25, -0.2) is 0 Å². The second kappa shape index (κ2) is 5.63. The number of hydrogen-bond donors (Lipinski definition) is 0. The van der Waals surface area contributed by atoms with Gasteiger partial charge in [-0.15, -0.1) is 0 Å². The third-order valence-corrected chi connectivity index (χ3v) is 4.82. The first kappa shape index (κ1) is 14.3. The molecule has 1 aromatic rings. The number of rotatable bonds is 3. The summed E-state index contributed by atoms with van der Waals surface area (Å²) in [5, 5.41) is 0. The molecule has 0 saturated heterocycles. The van der Waals surface area contributed by atoms with E-state index in [1.165, 1.54) is 0 Å². The molecule has 1 aromatic carbocycles. The molecule has 2 aliphatic carbocycles. The highest BCUT2D eigenvalue weighted by atomic mass is 16.5. The molecular weight excluding hydrogens is 264 g/mol. The highest BCUT2D eigenvalue weighted by Gasteiger charge is 2.41. The van der Waals surface area contributed by atoms with Crippen molar-refractivity contribution in [3.63, 3.8) is 0 Å². The van der Waals surface area contributed by atoms with Gasteiger partial charge in [-0.2, -0.15) is 0 Å². The highest BCUT2D eigenvalue weighted by Crippen LogP contribution is 2.47. The number of benzene rings is 1. The summed E-state index contributed by atoms with van der Waals surface area (Å²) >= 11 is 0. The fourth-order valence-corrected chi connectivity index (χ4v) is 3.68. The van der Waals surface area contributed by atoms with Crippen molar-refractivity contribution < 1.29 is 14.3 Å². The Balaban J connectivity index is 1.89. The number of ketones is 2. The van der Waals surface area contributed by atoms with E-state index in [4.69, 9.17) is 4.74 Å². The maximum atomic E-state index is 12.7. The van der Waals surface area contributed by atoms with Crippen LogP contribution in [0.1, 0.15) is 61.4 Å². The highest BCUT2D eigenvalue weighted by molar-refractivity contribution is 6.01. The molecule has 2 aliphatic rings. The van der Waals surface area contributed by atoms with E-state index >= 15 is 0 Å². The van der Waals surface area contributed by atoms with Gasteiger partial charge in [0.25, 0.3) is 0 Å². The molecule has 0 radical (unpaired) electrons. The van der Waals surface area contributed by atoms with Crippen LogP contribution in [0.15, 0.2) is 18.2 Å². The molecule has 1 fully saturated rings. The van der Waals surface area contributed by atoms with Crippen LogP contribution in [0.4, 0.5) is 0 Å². The van der Waals surface area contributed by atoms with Crippen molar-refractivity contribution in [1.82, 2.24) is 0 Å². The standard InChI is InChI=1S/C18H22O3/c1-2-10-21-16-5-3-4-13-11-18(12-15(20)17(13)16)8-6-14(19)7-9-18/h3-5H,2,6-12H2,1H3. The minimum absolute atomic E-state index is 0.0153. The average molecular weight is 286 g/mol. The van der Waals surface area contributed by atoms with Crippen molar-refractivity contribution in [1.29, 1.82) is 0 Å². The molecule has 0 heterocycles. The Bertz CT molecular complexity index is 564. The smallest absolute Gasteiger partial charge is 0.167 e. The van der Waals surface area contributed by atoms with E-state index in [9.17, 15) is 9.59 Å². The van der Waals surface area contributed by atoms with Gasteiger partial charge >= 0.3 is 0 Å². The van der Waals surface area contributed by atoms with E-state index in [2.05, 4.69) is 6.92 Å². The van der Waals surface area contributed by atoms with E-state index in [0.29, 0.717) is 31.7 Å². The number of hydrogen-bond acceptors (Lipinski definition) is 3. The lowest BCUT2D eigenvalue weighted by molar-refractivity contribution is -0.122. The van der Waals surface area contributed by atoms with Crippen LogP contribution in [0.5, 0.6) is 5.75 Å². The van der Waals surface area contributed by atoms with E-state index < -0.39 is 0 Å². The number of carbonyl (C=O) groups excluding carboxylic acids is 2. The molecule has 0 bridgehead atoms. The average Bonchev–Trinajstić information content (AvgIpc) is 2.48. The van der Waals surface area contributed by atoms with Gasteiger partial charge in [0, 0.05) is 19.3 Å². The van der Waals surface area contributed by atoms with Crippen molar-refractivity contribution in [2.24, 2.45) is 5.41 Å². The number of carbonyl (C=O) groups is 2. The van der Waals surface area contributed by atoms with Crippen LogP contribution >= 0.6 is 0 Å². The SMILES string of the molecule is CCCOc1cccc2c1C(=O)CC1(CCC(=O)CC1)C2. The summed E-state index contributed by atoms with van der Waals surface area (Å²) in [5.41, 5.74) is 1.91. The molecule has 0 aliphatic heterocycles. The van der Waals surface area contributed by atoms with E-state index in [-0.39, 0.29) is 11.2 Å². The summed E-state index contributed by atoms with van der Waals surface area (Å²) in [7, 11) is 0. The van der Waals surface area contributed by atoms with Gasteiger partial charge in [0.05, 0.1) is 12.2 Å². The summed E-state index contributed by atoms with van der Waals surface area (Å²) in [6.45, 7) is 2.70. The zero-order valence-electron chi connectivity index (χ0n) is 12.6. The molecule has 1 saturated carbocycles. The normalized spacial score (nSPS) is 20.4. The molecule has 0 N–H and O–H groups in total. The summed E-state index contributed by atoms with van der Waals surface area (Å²) in [4.78, 5) is 24.1. The van der Waals surface area contributed by atoms with Gasteiger partial charge in [0.2, 0.25) is 0 Å². The molecule has 21 heavy (non-hydrogen) atoms. The first-order chi connectivity index (χ1) is 10.1. The molecule has 0 atom stereocenters. The Morgan fingerprint density at radius 3 is 2.62 bits per heavy atom. The fraction of sp³-hybridized carbons (Fsp3) is 0.556. The zero-order valence-corrected chi connectivity index (χ0v) is 12.6. The Labute approximate surface area is 125 Å². The Kier molecular flexibility index (Phi) is 3.83. The molecule has 0 unspecified atom stereocenters. The summed E-state index contributed by atoms with van der Waals surface area (Å²) in [6.07, 6.45) is 5.39. The van der Waals surface area contributed by atoms with Gasteiger partial charge in [-0.05, 0) is 42.7 Å². The topological polar surface area (TPSA) is 43.4 Å². The summed E-state index contributed by atoms with van der Waals surface area (Å²) in [5.74, 6) is 1.28. The monoisotopic (exact) mass is 286 g/mol. The van der Waals surface area contributed by atoms with Crippen LogP contribution in [-0.2, 0) is 11.2 Å². The van der Waals surface area contributed by atoms with Gasteiger partial charge in [0.15, 0.2) is 5.78 Å². The maximum absolute atomic E-state index is 12.7. The van der Waals surface area contributed by atoms with E-state index in [0.717, 1.165) is 42.6 Å². The van der Waals surface area contributed by atoms with Crippen molar-refractivity contribution in [3.05, 3.63) is 29.3 Å². The predicted octanol–water partition coefficient (Wildman–Crippen LogP) is 3.73. The van der Waals surface area contributed by atoms with Crippen LogP contribution in [0, 0.1) is 5.41 Å². The van der Waals surface area contributed by atoms with E-state index in [1.54, 1.807) is 0 Å². The number of fused-ring (bicyclic) bond motifs is 1. The Hall–Kier alpha value is -1.64. The summed E-state index contributed by atoms with van der Waals surface area (Å²) < 4.78 is 5.74. The molecular formula is C18H22O3. The lowest BCUT2D eigenvalue weighted by Crippen LogP contribution is -2.36.